The maximum Gasteiger partial charge on any atom is 0.172 e. The van der Waals surface area contributed by atoms with Gasteiger partial charge in [0.1, 0.15) is 5.75 Å². The molecule has 2 aliphatic heterocycles. The summed E-state index contributed by atoms with van der Waals surface area (Å²) in [5.74, 6) is 1.13. The van der Waals surface area contributed by atoms with Crippen molar-refractivity contribution in [2.75, 3.05) is 19.7 Å². The maximum absolute atomic E-state index is 13.0. The third kappa shape index (κ3) is 2.06. The zero-order valence-electron chi connectivity index (χ0n) is 11.5. The standard InChI is InChI=1S/C16H21NO2/c1-2-16(7-9-17-10-8-16)15(18)13-5-3-4-12-6-11-19-14(12)13/h3-5,17H,2,6-11H2,1H3. The lowest BCUT2D eigenvalue weighted by Crippen LogP contribution is -2.41. The first kappa shape index (κ1) is 12.7. The highest BCUT2D eigenvalue weighted by molar-refractivity contribution is 6.03. The Hall–Kier alpha value is -1.35. The van der Waals surface area contributed by atoms with Crippen molar-refractivity contribution in [2.45, 2.75) is 32.6 Å². The second kappa shape index (κ2) is 4.97. The summed E-state index contributed by atoms with van der Waals surface area (Å²) >= 11 is 0. The lowest BCUT2D eigenvalue weighted by molar-refractivity contribution is 0.0714. The van der Waals surface area contributed by atoms with Crippen LogP contribution in [0.25, 0.3) is 0 Å². The molecule has 3 heteroatoms. The van der Waals surface area contributed by atoms with E-state index in [0.717, 1.165) is 50.1 Å². The summed E-state index contributed by atoms with van der Waals surface area (Å²) in [4.78, 5) is 13.0. The molecule has 0 bridgehead atoms. The molecule has 1 fully saturated rings. The zero-order valence-corrected chi connectivity index (χ0v) is 11.5. The molecule has 1 N–H and O–H groups in total. The quantitative estimate of drug-likeness (QED) is 0.848. The predicted octanol–water partition coefficient (Wildman–Crippen LogP) is 2.58. The molecular formula is C16H21NO2. The third-order valence-corrected chi connectivity index (χ3v) is 4.68. The van der Waals surface area contributed by atoms with Crippen molar-refractivity contribution in [3.63, 3.8) is 0 Å². The van der Waals surface area contributed by atoms with E-state index in [1.54, 1.807) is 0 Å². The van der Waals surface area contributed by atoms with Crippen molar-refractivity contribution in [3.8, 4) is 5.75 Å². The molecule has 1 aromatic carbocycles. The van der Waals surface area contributed by atoms with E-state index in [1.165, 1.54) is 5.56 Å². The molecular weight excluding hydrogens is 238 g/mol. The fourth-order valence-corrected chi connectivity index (χ4v) is 3.33. The fourth-order valence-electron chi connectivity index (χ4n) is 3.33. The Morgan fingerprint density at radius 1 is 1.37 bits per heavy atom. The smallest absolute Gasteiger partial charge is 0.172 e. The number of ether oxygens (including phenoxy) is 1. The molecule has 19 heavy (non-hydrogen) atoms. The largest absolute Gasteiger partial charge is 0.492 e. The van der Waals surface area contributed by atoms with E-state index in [9.17, 15) is 4.79 Å². The average molecular weight is 259 g/mol. The number of ketones is 1. The fraction of sp³-hybridized carbons (Fsp3) is 0.562. The first-order valence-electron chi connectivity index (χ1n) is 7.27. The number of piperidine rings is 1. The van der Waals surface area contributed by atoms with Crippen LogP contribution in [0.5, 0.6) is 5.75 Å². The van der Waals surface area contributed by atoms with Crippen LogP contribution >= 0.6 is 0 Å². The maximum atomic E-state index is 13.0. The number of carbonyl (C=O) groups is 1. The Kier molecular flexibility index (Phi) is 3.31. The highest BCUT2D eigenvalue weighted by atomic mass is 16.5. The molecule has 0 radical (unpaired) electrons. The minimum absolute atomic E-state index is 0.188. The van der Waals surface area contributed by atoms with Gasteiger partial charge in [0.25, 0.3) is 0 Å². The van der Waals surface area contributed by atoms with Gasteiger partial charge in [-0.05, 0) is 44.0 Å². The van der Waals surface area contributed by atoms with Crippen molar-refractivity contribution < 1.29 is 9.53 Å². The highest BCUT2D eigenvalue weighted by Crippen LogP contribution is 2.40. The number of nitrogens with one attached hydrogen (secondary N) is 1. The molecule has 0 atom stereocenters. The van der Waals surface area contributed by atoms with Crippen LogP contribution < -0.4 is 10.1 Å². The van der Waals surface area contributed by atoms with Gasteiger partial charge in [-0.2, -0.15) is 0 Å². The van der Waals surface area contributed by atoms with Crippen LogP contribution in [0, 0.1) is 5.41 Å². The monoisotopic (exact) mass is 259 g/mol. The van der Waals surface area contributed by atoms with Crippen molar-refractivity contribution in [1.82, 2.24) is 5.32 Å². The molecule has 3 nitrogen and oxygen atoms in total. The number of Topliss-reactive ketones (excluding diaryl/α,β-unsaturated/α-hetero) is 1. The van der Waals surface area contributed by atoms with E-state index in [0.29, 0.717) is 6.61 Å². The Bertz CT molecular complexity index is 490. The van der Waals surface area contributed by atoms with E-state index in [-0.39, 0.29) is 11.2 Å². The first-order chi connectivity index (χ1) is 9.27. The Labute approximate surface area is 114 Å². The molecule has 1 saturated heterocycles. The van der Waals surface area contributed by atoms with Crippen molar-refractivity contribution in [2.24, 2.45) is 5.41 Å². The normalized spacial score (nSPS) is 20.7. The van der Waals surface area contributed by atoms with E-state index in [2.05, 4.69) is 18.3 Å². The van der Waals surface area contributed by atoms with Crippen LogP contribution in [0.1, 0.15) is 42.1 Å². The SMILES string of the molecule is CCC1(C(=O)c2cccc3c2OCC3)CCNCC1. The van der Waals surface area contributed by atoms with Gasteiger partial charge in [-0.3, -0.25) is 4.79 Å². The molecule has 0 saturated carbocycles. The predicted molar refractivity (Wildman–Crippen MR) is 74.8 cm³/mol. The molecule has 1 aromatic rings. The summed E-state index contributed by atoms with van der Waals surface area (Å²) in [5, 5.41) is 3.35. The molecule has 102 valence electrons. The van der Waals surface area contributed by atoms with Crippen LogP contribution in [0.15, 0.2) is 18.2 Å². The minimum Gasteiger partial charge on any atom is -0.492 e. The zero-order chi connectivity index (χ0) is 13.3. The van der Waals surface area contributed by atoms with Crippen molar-refractivity contribution in [1.29, 1.82) is 0 Å². The van der Waals surface area contributed by atoms with Gasteiger partial charge in [0, 0.05) is 11.8 Å². The molecule has 0 unspecified atom stereocenters. The summed E-state index contributed by atoms with van der Waals surface area (Å²) < 4.78 is 5.69. The van der Waals surface area contributed by atoms with Gasteiger partial charge in [-0.25, -0.2) is 0 Å². The van der Waals surface area contributed by atoms with Crippen LogP contribution in [-0.2, 0) is 6.42 Å². The van der Waals surface area contributed by atoms with Crippen LogP contribution in [-0.4, -0.2) is 25.5 Å². The Morgan fingerprint density at radius 3 is 2.89 bits per heavy atom. The van der Waals surface area contributed by atoms with Crippen LogP contribution in [0.2, 0.25) is 0 Å². The molecule has 0 amide bonds. The molecule has 0 aliphatic carbocycles. The average Bonchev–Trinajstić information content (AvgIpc) is 2.95. The van der Waals surface area contributed by atoms with Crippen LogP contribution in [0.3, 0.4) is 0 Å². The van der Waals surface area contributed by atoms with Crippen LogP contribution in [0.4, 0.5) is 0 Å². The summed E-state index contributed by atoms with van der Waals surface area (Å²) in [5.41, 5.74) is 1.80. The summed E-state index contributed by atoms with van der Waals surface area (Å²) in [6, 6.07) is 6.00. The van der Waals surface area contributed by atoms with Gasteiger partial charge < -0.3 is 10.1 Å². The number of fused-ring (bicyclic) bond motifs is 1. The third-order valence-electron chi connectivity index (χ3n) is 4.68. The van der Waals surface area contributed by atoms with E-state index >= 15 is 0 Å². The second-order valence-corrected chi connectivity index (χ2v) is 5.61. The Morgan fingerprint density at radius 2 is 2.16 bits per heavy atom. The molecule has 3 rings (SSSR count). The second-order valence-electron chi connectivity index (χ2n) is 5.61. The number of hydrogen-bond donors (Lipinski definition) is 1. The van der Waals surface area contributed by atoms with Crippen molar-refractivity contribution in [3.05, 3.63) is 29.3 Å². The number of para-hydroxylation sites is 1. The van der Waals surface area contributed by atoms with Gasteiger partial charge in [-0.1, -0.05) is 19.1 Å². The lowest BCUT2D eigenvalue weighted by Gasteiger charge is -2.35. The number of benzene rings is 1. The lowest BCUT2D eigenvalue weighted by atomic mass is 9.71. The summed E-state index contributed by atoms with van der Waals surface area (Å²) in [6.07, 6.45) is 3.71. The highest BCUT2D eigenvalue weighted by Gasteiger charge is 2.39. The summed E-state index contributed by atoms with van der Waals surface area (Å²) in [6.45, 7) is 4.72. The topological polar surface area (TPSA) is 38.3 Å². The molecule has 2 heterocycles. The van der Waals surface area contributed by atoms with Gasteiger partial charge in [-0.15, -0.1) is 0 Å². The van der Waals surface area contributed by atoms with E-state index < -0.39 is 0 Å². The van der Waals surface area contributed by atoms with E-state index in [1.807, 2.05) is 12.1 Å². The number of carbonyl (C=O) groups excluding carboxylic acids is 1. The molecule has 2 aliphatic rings. The molecule has 0 aromatic heterocycles. The van der Waals surface area contributed by atoms with E-state index in [4.69, 9.17) is 4.74 Å². The number of rotatable bonds is 3. The summed E-state index contributed by atoms with van der Waals surface area (Å²) in [7, 11) is 0. The Balaban J connectivity index is 1.97. The number of hydrogen-bond acceptors (Lipinski definition) is 3. The van der Waals surface area contributed by atoms with Gasteiger partial charge in [0.2, 0.25) is 0 Å². The van der Waals surface area contributed by atoms with Gasteiger partial charge >= 0.3 is 0 Å². The molecule has 0 spiro atoms. The minimum atomic E-state index is -0.188. The van der Waals surface area contributed by atoms with Gasteiger partial charge in [0.05, 0.1) is 12.2 Å². The van der Waals surface area contributed by atoms with Gasteiger partial charge in [0.15, 0.2) is 5.78 Å². The first-order valence-corrected chi connectivity index (χ1v) is 7.27. The van der Waals surface area contributed by atoms with Crippen molar-refractivity contribution >= 4 is 5.78 Å².